The van der Waals surface area contributed by atoms with Gasteiger partial charge in [0, 0.05) is 13.3 Å². The van der Waals surface area contributed by atoms with Crippen LogP contribution in [0.25, 0.3) is 10.4 Å². The molecule has 0 atom stereocenters. The SMILES string of the molecule is CNc1nc(C)c(-c2ccc(Cl)c(S(C)(=O)=O)c2)s1. The highest BCUT2D eigenvalue weighted by molar-refractivity contribution is 7.90. The van der Waals surface area contributed by atoms with Gasteiger partial charge in [-0.2, -0.15) is 0 Å². The first kappa shape index (κ1) is 14.3. The molecule has 0 saturated carbocycles. The molecule has 1 aromatic heterocycles. The second kappa shape index (κ2) is 5.11. The van der Waals surface area contributed by atoms with E-state index in [9.17, 15) is 8.42 Å². The molecule has 0 aliphatic heterocycles. The van der Waals surface area contributed by atoms with Crippen molar-refractivity contribution < 1.29 is 8.42 Å². The van der Waals surface area contributed by atoms with Gasteiger partial charge in [-0.05, 0) is 24.6 Å². The Morgan fingerprint density at radius 2 is 2.05 bits per heavy atom. The first-order chi connectivity index (χ1) is 8.82. The normalized spacial score (nSPS) is 11.6. The molecule has 19 heavy (non-hydrogen) atoms. The van der Waals surface area contributed by atoms with Crippen molar-refractivity contribution >= 4 is 37.9 Å². The van der Waals surface area contributed by atoms with Crippen LogP contribution in [0.15, 0.2) is 23.1 Å². The first-order valence-electron chi connectivity index (χ1n) is 5.48. The molecular formula is C12H13ClN2O2S2. The van der Waals surface area contributed by atoms with E-state index in [2.05, 4.69) is 10.3 Å². The number of nitrogens with zero attached hydrogens (tertiary/aromatic N) is 1. The van der Waals surface area contributed by atoms with Crippen molar-refractivity contribution in [2.75, 3.05) is 18.6 Å². The maximum atomic E-state index is 11.7. The minimum absolute atomic E-state index is 0.144. The number of aryl methyl sites for hydroxylation is 1. The molecule has 0 unspecified atom stereocenters. The highest BCUT2D eigenvalue weighted by Crippen LogP contribution is 2.35. The second-order valence-electron chi connectivity index (χ2n) is 4.10. The quantitative estimate of drug-likeness (QED) is 0.944. The van der Waals surface area contributed by atoms with E-state index in [1.807, 2.05) is 6.92 Å². The van der Waals surface area contributed by atoms with Crippen LogP contribution in [0, 0.1) is 6.92 Å². The number of thiazole rings is 1. The van der Waals surface area contributed by atoms with Gasteiger partial charge >= 0.3 is 0 Å². The standard InChI is InChI=1S/C12H13ClN2O2S2/c1-7-11(18-12(14-2)15-7)8-4-5-9(13)10(6-8)19(3,16)17/h4-6H,1-3H3,(H,14,15). The molecule has 1 aromatic carbocycles. The third-order valence-electron chi connectivity index (χ3n) is 2.60. The summed E-state index contributed by atoms with van der Waals surface area (Å²) in [6.07, 6.45) is 1.15. The van der Waals surface area contributed by atoms with Crippen molar-refractivity contribution in [2.24, 2.45) is 0 Å². The fourth-order valence-electron chi connectivity index (χ4n) is 1.70. The van der Waals surface area contributed by atoms with Crippen LogP contribution in [-0.4, -0.2) is 26.7 Å². The van der Waals surface area contributed by atoms with Gasteiger partial charge in [-0.25, -0.2) is 13.4 Å². The smallest absolute Gasteiger partial charge is 0.183 e. The van der Waals surface area contributed by atoms with Gasteiger partial charge in [-0.15, -0.1) is 0 Å². The topological polar surface area (TPSA) is 59.1 Å². The molecule has 0 spiro atoms. The monoisotopic (exact) mass is 316 g/mol. The summed E-state index contributed by atoms with van der Waals surface area (Å²) in [6, 6.07) is 5.00. The number of hydrogen-bond donors (Lipinski definition) is 1. The van der Waals surface area contributed by atoms with Crippen molar-refractivity contribution in [1.82, 2.24) is 4.98 Å². The van der Waals surface area contributed by atoms with Crippen LogP contribution in [0.4, 0.5) is 5.13 Å². The van der Waals surface area contributed by atoms with Crippen molar-refractivity contribution in [3.63, 3.8) is 0 Å². The maximum absolute atomic E-state index is 11.7. The lowest BCUT2D eigenvalue weighted by Crippen LogP contribution is -1.98. The number of rotatable bonds is 3. The molecule has 0 aliphatic carbocycles. The first-order valence-corrected chi connectivity index (χ1v) is 8.56. The number of hydrogen-bond acceptors (Lipinski definition) is 5. The molecule has 0 bridgehead atoms. The Morgan fingerprint density at radius 1 is 1.37 bits per heavy atom. The van der Waals surface area contributed by atoms with E-state index in [4.69, 9.17) is 11.6 Å². The summed E-state index contributed by atoms with van der Waals surface area (Å²) in [6.45, 7) is 1.89. The van der Waals surface area contributed by atoms with Crippen LogP contribution < -0.4 is 5.32 Å². The molecule has 4 nitrogen and oxygen atoms in total. The largest absolute Gasteiger partial charge is 0.365 e. The number of aromatic nitrogens is 1. The van der Waals surface area contributed by atoms with E-state index in [0.29, 0.717) is 0 Å². The van der Waals surface area contributed by atoms with Crippen molar-refractivity contribution in [3.05, 3.63) is 28.9 Å². The third kappa shape index (κ3) is 2.91. The molecule has 1 N–H and O–H groups in total. The number of nitrogens with one attached hydrogen (secondary N) is 1. The zero-order valence-electron chi connectivity index (χ0n) is 10.7. The Balaban J connectivity index is 2.61. The molecule has 2 rings (SSSR count). The van der Waals surface area contributed by atoms with Gasteiger partial charge in [-0.1, -0.05) is 29.0 Å². The minimum Gasteiger partial charge on any atom is -0.365 e. The second-order valence-corrected chi connectivity index (χ2v) is 7.49. The number of benzene rings is 1. The van der Waals surface area contributed by atoms with Gasteiger partial charge in [0.2, 0.25) is 0 Å². The molecular weight excluding hydrogens is 304 g/mol. The lowest BCUT2D eigenvalue weighted by molar-refractivity contribution is 0.602. The highest BCUT2D eigenvalue weighted by Gasteiger charge is 2.16. The van der Waals surface area contributed by atoms with Crippen LogP contribution in [0.2, 0.25) is 5.02 Å². The van der Waals surface area contributed by atoms with Gasteiger partial charge in [0.05, 0.1) is 20.5 Å². The maximum Gasteiger partial charge on any atom is 0.183 e. The van der Waals surface area contributed by atoms with Gasteiger partial charge in [0.15, 0.2) is 15.0 Å². The summed E-state index contributed by atoms with van der Waals surface area (Å²) in [7, 11) is -1.54. The molecule has 0 saturated heterocycles. The van der Waals surface area contributed by atoms with E-state index in [-0.39, 0.29) is 9.92 Å². The summed E-state index contributed by atoms with van der Waals surface area (Å²) in [4.78, 5) is 5.42. The van der Waals surface area contributed by atoms with Crippen LogP contribution in [0.3, 0.4) is 0 Å². The lowest BCUT2D eigenvalue weighted by Gasteiger charge is -2.05. The summed E-state index contributed by atoms with van der Waals surface area (Å²) < 4.78 is 23.3. The number of sulfone groups is 1. The average molecular weight is 317 g/mol. The van der Waals surface area contributed by atoms with Crippen LogP contribution in [-0.2, 0) is 9.84 Å². The Labute approximate surface area is 121 Å². The Bertz CT molecular complexity index is 723. The van der Waals surface area contributed by atoms with Crippen molar-refractivity contribution in [1.29, 1.82) is 0 Å². The van der Waals surface area contributed by atoms with Gasteiger partial charge in [0.25, 0.3) is 0 Å². The predicted octanol–water partition coefficient (Wildman–Crippen LogP) is 3.22. The Kier molecular flexibility index (Phi) is 3.85. The van der Waals surface area contributed by atoms with E-state index < -0.39 is 9.84 Å². The van der Waals surface area contributed by atoms with Crippen LogP contribution in [0.5, 0.6) is 0 Å². The number of halogens is 1. The molecule has 1 heterocycles. The number of anilines is 1. The summed E-state index contributed by atoms with van der Waals surface area (Å²) in [5.74, 6) is 0. The molecule has 0 aliphatic rings. The fraction of sp³-hybridized carbons (Fsp3) is 0.250. The zero-order valence-corrected chi connectivity index (χ0v) is 13.1. The highest BCUT2D eigenvalue weighted by atomic mass is 35.5. The third-order valence-corrected chi connectivity index (χ3v) is 5.41. The van der Waals surface area contributed by atoms with Gasteiger partial charge in [-0.3, -0.25) is 0 Å². The van der Waals surface area contributed by atoms with E-state index in [0.717, 1.165) is 27.5 Å². The molecule has 0 amide bonds. The Morgan fingerprint density at radius 3 is 2.58 bits per heavy atom. The fourth-order valence-corrected chi connectivity index (χ4v) is 3.92. The summed E-state index contributed by atoms with van der Waals surface area (Å²) >= 11 is 7.41. The summed E-state index contributed by atoms with van der Waals surface area (Å²) in [5, 5.41) is 4.01. The van der Waals surface area contributed by atoms with E-state index >= 15 is 0 Å². The van der Waals surface area contributed by atoms with Crippen LogP contribution in [0.1, 0.15) is 5.69 Å². The van der Waals surface area contributed by atoms with Crippen LogP contribution >= 0.6 is 22.9 Å². The summed E-state index contributed by atoms with van der Waals surface area (Å²) in [5.41, 5.74) is 1.66. The molecule has 102 valence electrons. The zero-order chi connectivity index (χ0) is 14.2. The van der Waals surface area contributed by atoms with Crippen molar-refractivity contribution in [3.8, 4) is 10.4 Å². The molecule has 0 radical (unpaired) electrons. The van der Waals surface area contributed by atoms with E-state index in [1.54, 1.807) is 25.2 Å². The Hall–Kier alpha value is -1.11. The van der Waals surface area contributed by atoms with Gasteiger partial charge < -0.3 is 5.32 Å². The molecule has 0 fully saturated rings. The van der Waals surface area contributed by atoms with Gasteiger partial charge in [0.1, 0.15) is 0 Å². The lowest BCUT2D eigenvalue weighted by atomic mass is 10.2. The predicted molar refractivity (Wildman–Crippen MR) is 80.0 cm³/mol. The van der Waals surface area contributed by atoms with E-state index in [1.165, 1.54) is 11.3 Å². The molecule has 7 heteroatoms. The average Bonchev–Trinajstić information content (AvgIpc) is 2.70. The molecule has 2 aromatic rings. The van der Waals surface area contributed by atoms with Crippen molar-refractivity contribution in [2.45, 2.75) is 11.8 Å². The minimum atomic E-state index is -3.34.